The Bertz CT molecular complexity index is 617. The van der Waals surface area contributed by atoms with Gasteiger partial charge in [0.05, 0.1) is 17.3 Å². The molecule has 1 aliphatic heterocycles. The first kappa shape index (κ1) is 17.5. The molecule has 1 aromatic heterocycles. The molecule has 1 N–H and O–H groups in total. The van der Waals surface area contributed by atoms with Gasteiger partial charge in [0.15, 0.2) is 14.2 Å². The van der Waals surface area contributed by atoms with Crippen LogP contribution >= 0.6 is 23.1 Å². The van der Waals surface area contributed by atoms with Crippen molar-refractivity contribution < 1.29 is 13.2 Å². The minimum Gasteiger partial charge on any atom is -0.363 e. The third-order valence-corrected chi connectivity index (χ3v) is 7.18. The van der Waals surface area contributed by atoms with Crippen LogP contribution in [0.4, 0.5) is 5.13 Å². The van der Waals surface area contributed by atoms with Gasteiger partial charge in [-0.3, -0.25) is 4.79 Å². The highest BCUT2D eigenvalue weighted by molar-refractivity contribution is 8.01. The Labute approximate surface area is 138 Å². The van der Waals surface area contributed by atoms with Crippen LogP contribution < -0.4 is 5.32 Å². The second-order valence-corrected chi connectivity index (χ2v) is 9.48. The molecule has 1 unspecified atom stereocenters. The molecular weight excluding hydrogens is 344 g/mol. The van der Waals surface area contributed by atoms with Crippen molar-refractivity contribution in [1.29, 1.82) is 0 Å². The second kappa shape index (κ2) is 7.60. The largest absolute Gasteiger partial charge is 0.363 e. The molecule has 0 aromatic carbocycles. The van der Waals surface area contributed by atoms with Crippen LogP contribution in [0.3, 0.4) is 0 Å². The van der Waals surface area contributed by atoms with E-state index < -0.39 is 9.84 Å². The molecule has 124 valence electrons. The van der Waals surface area contributed by atoms with Gasteiger partial charge < -0.3 is 10.2 Å². The molecule has 0 saturated carbocycles. The van der Waals surface area contributed by atoms with E-state index in [2.05, 4.69) is 15.5 Å². The molecule has 10 heteroatoms. The number of anilines is 1. The van der Waals surface area contributed by atoms with E-state index in [0.29, 0.717) is 18.1 Å². The Morgan fingerprint density at radius 1 is 1.50 bits per heavy atom. The van der Waals surface area contributed by atoms with Gasteiger partial charge in [-0.05, 0) is 12.8 Å². The normalized spacial score (nSPS) is 20.0. The summed E-state index contributed by atoms with van der Waals surface area (Å²) in [6, 6.07) is -0.180. The van der Waals surface area contributed by atoms with Crippen LogP contribution in [-0.4, -0.2) is 66.3 Å². The average Bonchev–Trinajstić information content (AvgIpc) is 3.08. The zero-order valence-electron chi connectivity index (χ0n) is 12.6. The fraction of sp³-hybridized carbons (Fsp3) is 0.750. The monoisotopic (exact) mass is 364 g/mol. The van der Waals surface area contributed by atoms with Crippen molar-refractivity contribution in [3.05, 3.63) is 0 Å². The molecule has 0 spiro atoms. The molecular formula is C12H20N4O3S3. The maximum atomic E-state index is 12.4. The maximum Gasteiger partial charge on any atom is 0.233 e. The zero-order chi connectivity index (χ0) is 16.2. The van der Waals surface area contributed by atoms with E-state index in [-0.39, 0.29) is 29.2 Å². The average molecular weight is 365 g/mol. The number of thioether (sulfide) groups is 1. The molecule has 1 fully saturated rings. The number of rotatable bonds is 7. The van der Waals surface area contributed by atoms with Crippen LogP contribution in [0.2, 0.25) is 0 Å². The molecule has 0 aliphatic carbocycles. The lowest BCUT2D eigenvalue weighted by molar-refractivity contribution is -0.130. The first-order valence-electron chi connectivity index (χ1n) is 7.09. The Balaban J connectivity index is 1.94. The van der Waals surface area contributed by atoms with Crippen molar-refractivity contribution in [3.63, 3.8) is 0 Å². The van der Waals surface area contributed by atoms with Crippen molar-refractivity contribution >= 4 is 44.0 Å². The summed E-state index contributed by atoms with van der Waals surface area (Å²) in [4.78, 5) is 14.2. The van der Waals surface area contributed by atoms with Gasteiger partial charge in [0.2, 0.25) is 11.0 Å². The lowest BCUT2D eigenvalue weighted by Crippen LogP contribution is -2.42. The molecule has 22 heavy (non-hydrogen) atoms. The van der Waals surface area contributed by atoms with Crippen LogP contribution in [0.25, 0.3) is 0 Å². The van der Waals surface area contributed by atoms with Gasteiger partial charge in [-0.1, -0.05) is 30.0 Å². The fourth-order valence-electron chi connectivity index (χ4n) is 2.35. The van der Waals surface area contributed by atoms with E-state index in [1.807, 2.05) is 6.92 Å². The SMILES string of the molecule is CCCN(C(=O)CSc1nnc(NC)s1)C1CCS(=O)(=O)C1. The quantitative estimate of drug-likeness (QED) is 0.724. The van der Waals surface area contributed by atoms with Gasteiger partial charge in [0.25, 0.3) is 0 Å². The van der Waals surface area contributed by atoms with Gasteiger partial charge in [-0.25, -0.2) is 8.42 Å². The van der Waals surface area contributed by atoms with Crippen molar-refractivity contribution in [2.24, 2.45) is 0 Å². The molecule has 1 aromatic rings. The number of hydrogen-bond acceptors (Lipinski definition) is 8. The van der Waals surface area contributed by atoms with E-state index in [4.69, 9.17) is 0 Å². The standard InChI is InChI=1S/C12H20N4O3S3/c1-3-5-16(9-4-6-22(18,19)8-9)10(17)7-20-12-15-14-11(13-2)21-12/h9H,3-8H2,1-2H3,(H,13,14). The van der Waals surface area contributed by atoms with Crippen molar-refractivity contribution in [3.8, 4) is 0 Å². The summed E-state index contributed by atoms with van der Waals surface area (Å²) in [5.41, 5.74) is 0. The fourth-order valence-corrected chi connectivity index (χ4v) is 5.67. The summed E-state index contributed by atoms with van der Waals surface area (Å²) >= 11 is 2.74. The maximum absolute atomic E-state index is 12.4. The molecule has 2 rings (SSSR count). The number of nitrogens with one attached hydrogen (secondary N) is 1. The van der Waals surface area contributed by atoms with Crippen molar-refractivity contribution in [1.82, 2.24) is 15.1 Å². The number of nitrogens with zero attached hydrogens (tertiary/aromatic N) is 3. The highest BCUT2D eigenvalue weighted by Gasteiger charge is 2.34. The molecule has 1 saturated heterocycles. The summed E-state index contributed by atoms with van der Waals surface area (Å²) in [7, 11) is -1.22. The zero-order valence-corrected chi connectivity index (χ0v) is 15.1. The summed E-state index contributed by atoms with van der Waals surface area (Å²) in [6.45, 7) is 2.58. The first-order chi connectivity index (χ1) is 10.4. The lowest BCUT2D eigenvalue weighted by atomic mass is 10.2. The van der Waals surface area contributed by atoms with E-state index in [1.165, 1.54) is 23.1 Å². The van der Waals surface area contributed by atoms with E-state index in [9.17, 15) is 13.2 Å². The Morgan fingerprint density at radius 2 is 2.27 bits per heavy atom. The van der Waals surface area contributed by atoms with Crippen molar-refractivity contribution in [2.75, 3.05) is 36.2 Å². The van der Waals surface area contributed by atoms with Crippen molar-refractivity contribution in [2.45, 2.75) is 30.1 Å². The molecule has 2 heterocycles. The molecule has 1 amide bonds. The summed E-state index contributed by atoms with van der Waals surface area (Å²) in [5.74, 6) is 0.497. The summed E-state index contributed by atoms with van der Waals surface area (Å²) in [5, 5.41) is 11.5. The predicted molar refractivity (Wildman–Crippen MR) is 89.2 cm³/mol. The Kier molecular flexibility index (Phi) is 6.04. The third kappa shape index (κ3) is 4.56. The number of sulfone groups is 1. The summed E-state index contributed by atoms with van der Waals surface area (Å²) in [6.07, 6.45) is 1.36. The number of amides is 1. The number of hydrogen-bond donors (Lipinski definition) is 1. The topological polar surface area (TPSA) is 92.3 Å². The highest BCUT2D eigenvalue weighted by Crippen LogP contribution is 2.26. The first-order valence-corrected chi connectivity index (χ1v) is 10.7. The third-order valence-electron chi connectivity index (χ3n) is 3.37. The van der Waals surface area contributed by atoms with Crippen LogP contribution in [-0.2, 0) is 14.6 Å². The smallest absolute Gasteiger partial charge is 0.233 e. The minimum atomic E-state index is -2.99. The molecule has 1 atom stereocenters. The van der Waals surface area contributed by atoms with Crippen LogP contribution in [0.1, 0.15) is 19.8 Å². The highest BCUT2D eigenvalue weighted by atomic mass is 32.2. The lowest BCUT2D eigenvalue weighted by Gasteiger charge is -2.27. The number of carbonyl (C=O) groups is 1. The summed E-state index contributed by atoms with van der Waals surface area (Å²) < 4.78 is 24.0. The van der Waals surface area contributed by atoms with E-state index in [0.717, 1.165) is 10.8 Å². The minimum absolute atomic E-state index is 0.0323. The van der Waals surface area contributed by atoms with Gasteiger partial charge in [-0.15, -0.1) is 10.2 Å². The number of aromatic nitrogens is 2. The van der Waals surface area contributed by atoms with Gasteiger partial charge in [-0.2, -0.15) is 0 Å². The van der Waals surface area contributed by atoms with Crippen LogP contribution in [0.5, 0.6) is 0 Å². The van der Waals surface area contributed by atoms with E-state index in [1.54, 1.807) is 11.9 Å². The molecule has 7 nitrogen and oxygen atoms in total. The number of carbonyl (C=O) groups excluding carboxylic acids is 1. The molecule has 0 radical (unpaired) electrons. The Hall–Kier alpha value is -0.870. The van der Waals surface area contributed by atoms with E-state index >= 15 is 0 Å². The molecule has 1 aliphatic rings. The Morgan fingerprint density at radius 3 is 2.82 bits per heavy atom. The second-order valence-electron chi connectivity index (χ2n) is 5.06. The van der Waals surface area contributed by atoms with Gasteiger partial charge in [0.1, 0.15) is 0 Å². The molecule has 0 bridgehead atoms. The van der Waals surface area contributed by atoms with Crippen LogP contribution in [0.15, 0.2) is 4.34 Å². The van der Waals surface area contributed by atoms with Crippen LogP contribution in [0, 0.1) is 0 Å². The van der Waals surface area contributed by atoms with Gasteiger partial charge in [0, 0.05) is 19.6 Å². The van der Waals surface area contributed by atoms with Gasteiger partial charge >= 0.3 is 0 Å². The predicted octanol–water partition coefficient (Wildman–Crippen LogP) is 1.10.